The van der Waals surface area contributed by atoms with E-state index in [0.717, 1.165) is 28.1 Å². The Hall–Kier alpha value is -3.47. The first-order valence-electron chi connectivity index (χ1n) is 8.32. The average molecular weight is 345 g/mol. The molecule has 1 heterocycles. The molecule has 0 atom stereocenters. The Morgan fingerprint density at radius 2 is 1.58 bits per heavy atom. The molecule has 0 aliphatic carbocycles. The number of hydrogen-bond acceptors (Lipinski definition) is 3. The minimum absolute atomic E-state index is 0.342. The number of aliphatic imine (C=N–C) groups is 1. The standard InChI is InChI=1S/C21H19N3O2/c25-21(26)23-12-11-16-13-19(15-22-14-16)24-20(17-7-3-1-4-8-17)18-9-5-2-6-10-18/h1-10,13-15,23H,11-12H2,(H,25,26). The summed E-state index contributed by atoms with van der Waals surface area (Å²) in [5.41, 5.74) is 4.59. The van der Waals surface area contributed by atoms with Gasteiger partial charge >= 0.3 is 6.09 Å². The Kier molecular flexibility index (Phi) is 5.72. The van der Waals surface area contributed by atoms with Crippen molar-refractivity contribution in [3.05, 3.63) is 95.8 Å². The van der Waals surface area contributed by atoms with Crippen molar-refractivity contribution in [1.82, 2.24) is 10.3 Å². The third-order valence-corrected chi connectivity index (χ3v) is 3.81. The van der Waals surface area contributed by atoms with Gasteiger partial charge in [-0.3, -0.25) is 4.98 Å². The van der Waals surface area contributed by atoms with Gasteiger partial charge in [0, 0.05) is 23.9 Å². The first-order chi connectivity index (χ1) is 12.7. The van der Waals surface area contributed by atoms with Crippen molar-refractivity contribution >= 4 is 17.5 Å². The number of pyridine rings is 1. The van der Waals surface area contributed by atoms with Crippen LogP contribution >= 0.6 is 0 Å². The van der Waals surface area contributed by atoms with Crippen molar-refractivity contribution in [3.63, 3.8) is 0 Å². The molecule has 26 heavy (non-hydrogen) atoms. The number of hydrogen-bond donors (Lipinski definition) is 2. The van der Waals surface area contributed by atoms with Gasteiger partial charge < -0.3 is 10.4 Å². The quantitative estimate of drug-likeness (QED) is 0.662. The zero-order chi connectivity index (χ0) is 18.2. The molecule has 1 amide bonds. The summed E-state index contributed by atoms with van der Waals surface area (Å²) < 4.78 is 0. The molecule has 0 aliphatic heterocycles. The predicted molar refractivity (Wildman–Crippen MR) is 102 cm³/mol. The fraction of sp³-hybridized carbons (Fsp3) is 0.0952. The van der Waals surface area contributed by atoms with Gasteiger partial charge in [0.25, 0.3) is 0 Å². The second kappa shape index (κ2) is 8.58. The van der Waals surface area contributed by atoms with Gasteiger partial charge in [-0.1, -0.05) is 60.7 Å². The van der Waals surface area contributed by atoms with Crippen LogP contribution in [0.2, 0.25) is 0 Å². The summed E-state index contributed by atoms with van der Waals surface area (Å²) in [6, 6.07) is 21.9. The number of carboxylic acid groups (broad SMARTS) is 1. The van der Waals surface area contributed by atoms with Crippen LogP contribution in [0, 0.1) is 0 Å². The molecule has 0 saturated heterocycles. The molecule has 3 aromatic rings. The van der Waals surface area contributed by atoms with Gasteiger partial charge in [-0.05, 0) is 18.1 Å². The molecule has 0 spiro atoms. The smallest absolute Gasteiger partial charge is 0.404 e. The molecular weight excluding hydrogens is 326 g/mol. The topological polar surface area (TPSA) is 74.6 Å². The van der Waals surface area contributed by atoms with E-state index in [1.165, 1.54) is 0 Å². The Balaban J connectivity index is 1.92. The second-order valence-corrected chi connectivity index (χ2v) is 5.73. The van der Waals surface area contributed by atoms with Gasteiger partial charge in [-0.15, -0.1) is 0 Å². The second-order valence-electron chi connectivity index (χ2n) is 5.73. The maximum Gasteiger partial charge on any atom is 0.404 e. The maximum atomic E-state index is 10.6. The lowest BCUT2D eigenvalue weighted by atomic mass is 10.0. The summed E-state index contributed by atoms with van der Waals surface area (Å²) in [4.78, 5) is 19.6. The molecule has 130 valence electrons. The van der Waals surface area contributed by atoms with Crippen molar-refractivity contribution < 1.29 is 9.90 Å². The highest BCUT2D eigenvalue weighted by atomic mass is 16.4. The highest BCUT2D eigenvalue weighted by molar-refractivity contribution is 6.13. The van der Waals surface area contributed by atoms with E-state index in [-0.39, 0.29) is 0 Å². The fourth-order valence-corrected chi connectivity index (χ4v) is 2.60. The Bertz CT molecular complexity index is 852. The molecule has 0 bridgehead atoms. The van der Waals surface area contributed by atoms with Crippen LogP contribution in [0.25, 0.3) is 0 Å². The number of nitrogens with zero attached hydrogens (tertiary/aromatic N) is 2. The third kappa shape index (κ3) is 4.77. The van der Waals surface area contributed by atoms with Crippen molar-refractivity contribution in [2.45, 2.75) is 6.42 Å². The number of carbonyl (C=O) groups is 1. The molecule has 0 radical (unpaired) electrons. The minimum Gasteiger partial charge on any atom is -0.465 e. The zero-order valence-corrected chi connectivity index (χ0v) is 14.2. The molecule has 5 nitrogen and oxygen atoms in total. The molecule has 5 heteroatoms. The van der Waals surface area contributed by atoms with Crippen LogP contribution < -0.4 is 5.32 Å². The largest absolute Gasteiger partial charge is 0.465 e. The minimum atomic E-state index is -1.03. The van der Waals surface area contributed by atoms with Crippen LogP contribution in [0.15, 0.2) is 84.1 Å². The fourth-order valence-electron chi connectivity index (χ4n) is 2.60. The van der Waals surface area contributed by atoms with Crippen LogP contribution in [0.1, 0.15) is 16.7 Å². The van der Waals surface area contributed by atoms with E-state index in [9.17, 15) is 4.79 Å². The van der Waals surface area contributed by atoms with Gasteiger partial charge in [0.2, 0.25) is 0 Å². The van der Waals surface area contributed by atoms with Crippen molar-refractivity contribution in [1.29, 1.82) is 0 Å². The van der Waals surface area contributed by atoms with Gasteiger partial charge in [-0.25, -0.2) is 9.79 Å². The summed E-state index contributed by atoms with van der Waals surface area (Å²) >= 11 is 0. The molecule has 0 unspecified atom stereocenters. The van der Waals surface area contributed by atoms with E-state index >= 15 is 0 Å². The lowest BCUT2D eigenvalue weighted by Crippen LogP contribution is -2.23. The van der Waals surface area contributed by atoms with E-state index in [2.05, 4.69) is 10.3 Å². The summed E-state index contributed by atoms with van der Waals surface area (Å²) in [6.07, 6.45) is 2.98. The first kappa shape index (κ1) is 17.4. The monoisotopic (exact) mass is 345 g/mol. The van der Waals surface area contributed by atoms with E-state index in [0.29, 0.717) is 13.0 Å². The summed E-state index contributed by atoms with van der Waals surface area (Å²) in [5.74, 6) is 0. The number of amides is 1. The third-order valence-electron chi connectivity index (χ3n) is 3.81. The van der Waals surface area contributed by atoms with Crippen molar-refractivity contribution in [3.8, 4) is 0 Å². The Morgan fingerprint density at radius 3 is 2.15 bits per heavy atom. The van der Waals surface area contributed by atoms with E-state index < -0.39 is 6.09 Å². The van der Waals surface area contributed by atoms with Gasteiger partial charge in [0.15, 0.2) is 0 Å². The number of nitrogens with one attached hydrogen (secondary N) is 1. The van der Waals surface area contributed by atoms with Gasteiger partial charge in [0.1, 0.15) is 0 Å². The SMILES string of the molecule is O=C(O)NCCc1cncc(N=C(c2ccccc2)c2ccccc2)c1. The predicted octanol–water partition coefficient (Wildman–Crippen LogP) is 4.06. The molecule has 3 rings (SSSR count). The summed E-state index contributed by atoms with van der Waals surface area (Å²) in [7, 11) is 0. The van der Waals surface area contributed by atoms with Gasteiger partial charge in [-0.2, -0.15) is 0 Å². The van der Waals surface area contributed by atoms with Gasteiger partial charge in [0.05, 0.1) is 17.6 Å². The number of rotatable bonds is 6. The Morgan fingerprint density at radius 1 is 0.962 bits per heavy atom. The molecule has 2 N–H and O–H groups in total. The lowest BCUT2D eigenvalue weighted by molar-refractivity contribution is 0.194. The molecule has 0 aliphatic rings. The Labute approximate surface area is 152 Å². The molecule has 1 aromatic heterocycles. The molecular formula is C21H19N3O2. The van der Waals surface area contributed by atoms with Crippen LogP contribution in [0.4, 0.5) is 10.5 Å². The van der Waals surface area contributed by atoms with Crippen LogP contribution in [-0.4, -0.2) is 28.4 Å². The average Bonchev–Trinajstić information content (AvgIpc) is 2.67. The van der Waals surface area contributed by atoms with Crippen LogP contribution in [-0.2, 0) is 6.42 Å². The van der Waals surface area contributed by atoms with E-state index in [1.807, 2.05) is 66.7 Å². The molecule has 0 fully saturated rings. The number of benzene rings is 2. The van der Waals surface area contributed by atoms with Crippen LogP contribution in [0.3, 0.4) is 0 Å². The summed E-state index contributed by atoms with van der Waals surface area (Å²) in [6.45, 7) is 0.342. The molecule has 2 aromatic carbocycles. The maximum absolute atomic E-state index is 10.6. The van der Waals surface area contributed by atoms with E-state index in [4.69, 9.17) is 10.1 Å². The normalized spacial score (nSPS) is 10.2. The van der Waals surface area contributed by atoms with Crippen LogP contribution in [0.5, 0.6) is 0 Å². The lowest BCUT2D eigenvalue weighted by Gasteiger charge is -2.08. The highest BCUT2D eigenvalue weighted by Gasteiger charge is 2.07. The zero-order valence-electron chi connectivity index (χ0n) is 14.2. The number of aromatic nitrogens is 1. The highest BCUT2D eigenvalue weighted by Crippen LogP contribution is 2.18. The molecule has 0 saturated carbocycles. The summed E-state index contributed by atoms with van der Waals surface area (Å²) in [5, 5.41) is 11.0. The van der Waals surface area contributed by atoms with E-state index in [1.54, 1.807) is 12.4 Å². The van der Waals surface area contributed by atoms with Crippen molar-refractivity contribution in [2.24, 2.45) is 4.99 Å². The van der Waals surface area contributed by atoms with Crippen molar-refractivity contribution in [2.75, 3.05) is 6.54 Å². The first-order valence-corrected chi connectivity index (χ1v) is 8.32.